The number of carbonyl (C=O) groups excluding carboxylic acids is 2. The Labute approximate surface area is 222 Å². The Hall–Kier alpha value is -4.14. The maximum atomic E-state index is 13.0. The van der Waals surface area contributed by atoms with Crippen LogP contribution in [0.2, 0.25) is 0 Å². The van der Waals surface area contributed by atoms with Gasteiger partial charge >= 0.3 is 6.09 Å². The zero-order valence-corrected chi connectivity index (χ0v) is 22.4. The summed E-state index contributed by atoms with van der Waals surface area (Å²) in [6.07, 6.45) is 2.15. The van der Waals surface area contributed by atoms with Gasteiger partial charge in [-0.3, -0.25) is 9.69 Å². The van der Waals surface area contributed by atoms with Crippen molar-refractivity contribution >= 4 is 23.6 Å². The van der Waals surface area contributed by atoms with Crippen LogP contribution < -0.4 is 10.1 Å². The van der Waals surface area contributed by atoms with Crippen molar-refractivity contribution in [3.8, 4) is 5.75 Å². The third kappa shape index (κ3) is 5.41. The van der Waals surface area contributed by atoms with E-state index < -0.39 is 5.60 Å². The minimum absolute atomic E-state index is 0.00475. The van der Waals surface area contributed by atoms with Crippen molar-refractivity contribution in [3.63, 3.8) is 0 Å². The average Bonchev–Trinajstić information content (AvgIpc) is 3.17. The van der Waals surface area contributed by atoms with Gasteiger partial charge in [-0.05, 0) is 81.1 Å². The summed E-state index contributed by atoms with van der Waals surface area (Å²) in [6, 6.07) is 13.4. The summed E-state index contributed by atoms with van der Waals surface area (Å²) >= 11 is 0. The van der Waals surface area contributed by atoms with E-state index in [2.05, 4.69) is 10.3 Å². The SMILES string of the molecule is COc1ccc(CN2Cc3cc(Nc4ncc5c(n4)CN(C(=O)OC(C)(C)C)[C@H](C)C5)ccc3C2=O)cc1. The van der Waals surface area contributed by atoms with Crippen LogP contribution in [0.5, 0.6) is 5.75 Å². The molecule has 2 aliphatic heterocycles. The highest BCUT2D eigenvalue weighted by molar-refractivity contribution is 5.98. The van der Waals surface area contributed by atoms with Gasteiger partial charge < -0.3 is 19.7 Å². The first-order valence-electron chi connectivity index (χ1n) is 12.8. The molecule has 1 aromatic heterocycles. The van der Waals surface area contributed by atoms with E-state index >= 15 is 0 Å². The molecule has 0 aliphatic carbocycles. The lowest BCUT2D eigenvalue weighted by atomic mass is 10.0. The van der Waals surface area contributed by atoms with Gasteiger partial charge in [0.05, 0.1) is 19.3 Å². The van der Waals surface area contributed by atoms with Crippen molar-refractivity contribution < 1.29 is 19.1 Å². The number of aromatic nitrogens is 2. The number of amides is 2. The third-order valence-corrected chi connectivity index (χ3v) is 6.72. The van der Waals surface area contributed by atoms with E-state index in [1.165, 1.54) is 0 Å². The monoisotopic (exact) mass is 515 g/mol. The molecule has 9 heteroatoms. The van der Waals surface area contributed by atoms with Gasteiger partial charge in [0.15, 0.2) is 0 Å². The maximum Gasteiger partial charge on any atom is 0.410 e. The maximum absolute atomic E-state index is 13.0. The van der Waals surface area contributed by atoms with Crippen LogP contribution in [0.25, 0.3) is 0 Å². The van der Waals surface area contributed by atoms with E-state index in [4.69, 9.17) is 14.5 Å². The molecule has 3 aromatic rings. The molecule has 0 radical (unpaired) electrons. The second kappa shape index (κ2) is 9.96. The Kier molecular flexibility index (Phi) is 6.69. The lowest BCUT2D eigenvalue weighted by molar-refractivity contribution is 0.0134. The molecule has 2 aliphatic rings. The van der Waals surface area contributed by atoms with Gasteiger partial charge in [0.1, 0.15) is 11.4 Å². The first-order valence-corrected chi connectivity index (χ1v) is 12.8. The Morgan fingerprint density at radius 1 is 1.11 bits per heavy atom. The van der Waals surface area contributed by atoms with E-state index in [0.717, 1.165) is 33.8 Å². The van der Waals surface area contributed by atoms with Crippen molar-refractivity contribution in [2.45, 2.75) is 65.4 Å². The molecule has 0 fully saturated rings. The number of carbonyl (C=O) groups is 2. The number of ether oxygens (including phenoxy) is 2. The zero-order chi connectivity index (χ0) is 27.0. The fourth-order valence-electron chi connectivity index (χ4n) is 4.79. The second-order valence-corrected chi connectivity index (χ2v) is 10.8. The first kappa shape index (κ1) is 25.5. The second-order valence-electron chi connectivity index (χ2n) is 10.8. The van der Waals surface area contributed by atoms with Crippen molar-refractivity contribution in [1.29, 1.82) is 0 Å². The summed E-state index contributed by atoms with van der Waals surface area (Å²) in [4.78, 5) is 38.4. The van der Waals surface area contributed by atoms with Crippen LogP contribution >= 0.6 is 0 Å². The van der Waals surface area contributed by atoms with Crippen LogP contribution in [0, 0.1) is 0 Å². The van der Waals surface area contributed by atoms with Gasteiger partial charge in [0.2, 0.25) is 5.95 Å². The number of benzene rings is 2. The Morgan fingerprint density at radius 2 is 1.87 bits per heavy atom. The van der Waals surface area contributed by atoms with Gasteiger partial charge in [0, 0.05) is 36.6 Å². The van der Waals surface area contributed by atoms with Gasteiger partial charge in [-0.15, -0.1) is 0 Å². The van der Waals surface area contributed by atoms with Gasteiger partial charge in [-0.2, -0.15) is 0 Å². The van der Waals surface area contributed by atoms with Crippen LogP contribution in [-0.2, 0) is 30.8 Å². The molecule has 5 rings (SSSR count). The van der Waals surface area contributed by atoms with Crippen LogP contribution in [-0.4, -0.2) is 50.5 Å². The predicted octanol–water partition coefficient (Wildman–Crippen LogP) is 5.07. The molecule has 0 unspecified atom stereocenters. The predicted molar refractivity (Wildman–Crippen MR) is 143 cm³/mol. The van der Waals surface area contributed by atoms with Crippen LogP contribution in [0.3, 0.4) is 0 Å². The fraction of sp³-hybridized carbons (Fsp3) is 0.379. The number of rotatable bonds is 5. The van der Waals surface area contributed by atoms with Crippen molar-refractivity contribution in [3.05, 3.63) is 76.6 Å². The zero-order valence-electron chi connectivity index (χ0n) is 22.4. The van der Waals surface area contributed by atoms with E-state index in [0.29, 0.717) is 37.6 Å². The van der Waals surface area contributed by atoms with Crippen molar-refractivity contribution in [2.24, 2.45) is 0 Å². The largest absolute Gasteiger partial charge is 0.497 e. The number of nitrogens with zero attached hydrogens (tertiary/aromatic N) is 4. The molecule has 0 saturated heterocycles. The summed E-state index contributed by atoms with van der Waals surface area (Å²) in [6.45, 7) is 9.01. The van der Waals surface area contributed by atoms with E-state index in [1.807, 2.05) is 81.3 Å². The smallest absolute Gasteiger partial charge is 0.410 e. The number of fused-ring (bicyclic) bond motifs is 2. The summed E-state index contributed by atoms with van der Waals surface area (Å²) in [5.74, 6) is 1.25. The average molecular weight is 516 g/mol. The number of nitrogens with one attached hydrogen (secondary N) is 1. The molecule has 9 nitrogen and oxygen atoms in total. The molecule has 2 aromatic carbocycles. The third-order valence-electron chi connectivity index (χ3n) is 6.72. The number of hydrogen-bond acceptors (Lipinski definition) is 7. The van der Waals surface area contributed by atoms with E-state index in [9.17, 15) is 9.59 Å². The lowest BCUT2D eigenvalue weighted by Crippen LogP contribution is -2.45. The highest BCUT2D eigenvalue weighted by Crippen LogP contribution is 2.29. The number of anilines is 2. The van der Waals surface area contributed by atoms with Crippen molar-refractivity contribution in [2.75, 3.05) is 12.4 Å². The fourth-order valence-corrected chi connectivity index (χ4v) is 4.79. The Morgan fingerprint density at radius 3 is 2.58 bits per heavy atom. The Bertz CT molecular complexity index is 1370. The highest BCUT2D eigenvalue weighted by Gasteiger charge is 2.32. The number of methoxy groups -OCH3 is 1. The van der Waals surface area contributed by atoms with E-state index in [-0.39, 0.29) is 18.0 Å². The topological polar surface area (TPSA) is 96.9 Å². The molecule has 1 atom stereocenters. The summed E-state index contributed by atoms with van der Waals surface area (Å²) < 4.78 is 10.8. The molecule has 198 valence electrons. The molecule has 0 spiro atoms. The summed E-state index contributed by atoms with van der Waals surface area (Å²) in [7, 11) is 1.63. The van der Waals surface area contributed by atoms with E-state index in [1.54, 1.807) is 12.0 Å². The van der Waals surface area contributed by atoms with Crippen LogP contribution in [0.15, 0.2) is 48.7 Å². The highest BCUT2D eigenvalue weighted by atomic mass is 16.6. The molecule has 0 bridgehead atoms. The molecular formula is C29H33N5O4. The Balaban J connectivity index is 1.28. The first-order chi connectivity index (χ1) is 18.1. The quantitative estimate of drug-likeness (QED) is 0.507. The minimum Gasteiger partial charge on any atom is -0.497 e. The van der Waals surface area contributed by atoms with Crippen LogP contribution in [0.4, 0.5) is 16.4 Å². The number of hydrogen-bond donors (Lipinski definition) is 1. The summed E-state index contributed by atoms with van der Waals surface area (Å²) in [5, 5.41) is 3.27. The normalized spacial score (nSPS) is 16.7. The molecular weight excluding hydrogens is 482 g/mol. The minimum atomic E-state index is -0.561. The standard InChI is InChI=1S/C29H33N5O4/c1-18-12-20-14-30-27(32-25(20)17-34(18)28(36)38-29(2,3)4)31-22-8-11-24-21(13-22)16-33(26(24)35)15-19-6-9-23(37-5)10-7-19/h6-11,13-14,18H,12,15-17H2,1-5H3,(H,30,31,32)/t18-/m1/s1. The van der Waals surface area contributed by atoms with Gasteiger partial charge in [0.25, 0.3) is 5.91 Å². The molecule has 1 N–H and O–H groups in total. The van der Waals surface area contributed by atoms with Gasteiger partial charge in [-0.1, -0.05) is 12.1 Å². The molecule has 2 amide bonds. The lowest BCUT2D eigenvalue weighted by Gasteiger charge is -2.35. The molecule has 38 heavy (non-hydrogen) atoms. The molecule has 3 heterocycles. The summed E-state index contributed by atoms with van der Waals surface area (Å²) in [5.41, 5.74) is 4.77. The molecule has 0 saturated carbocycles. The van der Waals surface area contributed by atoms with Gasteiger partial charge in [-0.25, -0.2) is 14.8 Å². The van der Waals surface area contributed by atoms with Crippen molar-refractivity contribution in [1.82, 2.24) is 19.8 Å². The van der Waals surface area contributed by atoms with Crippen LogP contribution in [0.1, 0.15) is 60.4 Å².